The van der Waals surface area contributed by atoms with Crippen molar-refractivity contribution in [3.63, 3.8) is 0 Å². The van der Waals surface area contributed by atoms with Gasteiger partial charge >= 0.3 is 0 Å². The molecule has 0 aliphatic carbocycles. The number of thiophene rings is 3. The first-order valence-electron chi connectivity index (χ1n) is 38.6. The molecule has 0 bridgehead atoms. The number of anilines is 15. The van der Waals surface area contributed by atoms with Gasteiger partial charge in [-0.15, -0.1) is 34.0 Å². The molecule has 0 saturated heterocycles. The lowest BCUT2D eigenvalue weighted by molar-refractivity contribution is 0.488. The summed E-state index contributed by atoms with van der Waals surface area (Å²) in [6, 6.07) is 143. The Morgan fingerprint density at radius 2 is 0.655 bits per heavy atom. The maximum absolute atomic E-state index is 8.17. The molecule has 7 heterocycles. The normalized spacial score (nSPS) is 12.9. The minimum Gasteiger partial charge on any atom is -0.458 e. The zero-order chi connectivity index (χ0) is 73.9. The number of ether oxygens (including phenoxy) is 1. The van der Waals surface area contributed by atoms with Crippen LogP contribution in [0.4, 0.5) is 85.3 Å². The molecule has 17 aromatic carbocycles. The summed E-state index contributed by atoms with van der Waals surface area (Å²) in [4.78, 5) is 12.8. The number of benzene rings is 17. The van der Waals surface area contributed by atoms with Gasteiger partial charge in [-0.25, -0.2) is 0 Å². The van der Waals surface area contributed by atoms with Gasteiger partial charge in [-0.1, -0.05) is 249 Å². The fourth-order valence-corrected chi connectivity index (χ4v) is 22.4. The molecule has 0 unspecified atom stereocenters. The minimum atomic E-state index is -0.298. The third-order valence-corrected chi connectivity index (χ3v) is 27.0. The number of hydrogen-bond donors (Lipinski definition) is 0. The predicted molar refractivity (Wildman–Crippen MR) is 485 cm³/mol. The van der Waals surface area contributed by atoms with Gasteiger partial charge < -0.3 is 29.2 Å². The smallest absolute Gasteiger partial charge is 0.256 e. The Labute approximate surface area is 666 Å². The van der Waals surface area contributed by atoms with Crippen molar-refractivity contribution in [2.45, 2.75) is 0 Å². The van der Waals surface area contributed by atoms with E-state index in [0.717, 1.165) is 130 Å². The topological polar surface area (TPSA) is 25.4 Å². The van der Waals surface area contributed by atoms with Crippen molar-refractivity contribution in [3.05, 3.63) is 382 Å². The van der Waals surface area contributed by atoms with E-state index in [1.807, 2.05) is 34.0 Å². The third-order valence-electron chi connectivity index (χ3n) is 23.6. The minimum absolute atomic E-state index is 0.267. The summed E-state index contributed by atoms with van der Waals surface area (Å²) in [5.74, 6) is 1.61. The summed E-state index contributed by atoms with van der Waals surface area (Å²) >= 11 is 5.57. The molecule has 3 aromatic heterocycles. The second-order valence-electron chi connectivity index (χ2n) is 29.7. The lowest BCUT2D eigenvalue weighted by Gasteiger charge is -2.46. The molecule has 0 fully saturated rings. The fraction of sp³-hybridized carbons (Fsp3) is 0. The number of rotatable bonds is 11. The Bertz CT molecular complexity index is 7240. The van der Waals surface area contributed by atoms with Crippen LogP contribution in [0.15, 0.2) is 382 Å². The van der Waals surface area contributed by atoms with Crippen LogP contribution in [0, 0.1) is 0 Å². The molecule has 526 valence electrons. The molecule has 0 spiro atoms. The molecule has 0 saturated carbocycles. The van der Waals surface area contributed by atoms with E-state index in [4.69, 9.17) is 4.74 Å². The van der Waals surface area contributed by atoms with Crippen LogP contribution in [0.25, 0.3) is 82.8 Å². The Morgan fingerprint density at radius 1 is 0.248 bits per heavy atom. The zero-order valence-corrected chi connectivity index (χ0v) is 63.3. The van der Waals surface area contributed by atoms with Crippen molar-refractivity contribution in [1.82, 2.24) is 0 Å². The first kappa shape index (κ1) is 64.2. The number of para-hydroxylation sites is 6. The van der Waals surface area contributed by atoms with Crippen LogP contribution in [-0.2, 0) is 0 Å². The Hall–Kier alpha value is -13.7. The first-order valence-corrected chi connectivity index (χ1v) is 41.0. The summed E-state index contributed by atoms with van der Waals surface area (Å²) in [5, 5.41) is 7.37. The summed E-state index contributed by atoms with van der Waals surface area (Å²) < 4.78 is 15.6. The van der Waals surface area contributed by atoms with E-state index in [9.17, 15) is 0 Å². The molecule has 113 heavy (non-hydrogen) atoms. The summed E-state index contributed by atoms with van der Waals surface area (Å²) in [7, 11) is 0. The molecule has 4 aliphatic rings. The molecule has 4 aliphatic heterocycles. The highest BCUT2D eigenvalue weighted by atomic mass is 32.1. The van der Waals surface area contributed by atoms with Crippen molar-refractivity contribution in [1.29, 1.82) is 0 Å². The molecule has 20 aromatic rings. The second kappa shape index (κ2) is 25.4. The predicted octanol–water partition coefficient (Wildman–Crippen LogP) is 25.6. The number of nitrogens with zero attached hydrogens (tertiary/aromatic N) is 5. The van der Waals surface area contributed by atoms with Crippen LogP contribution < -0.4 is 62.0 Å². The zero-order valence-electron chi connectivity index (χ0n) is 60.9. The van der Waals surface area contributed by atoms with Crippen molar-refractivity contribution < 1.29 is 4.74 Å². The van der Waals surface area contributed by atoms with Gasteiger partial charge in [0.25, 0.3) is 13.4 Å². The molecule has 0 radical (unpaired) electrons. The Balaban J connectivity index is 0.834. The standard InChI is InChI=1S/C102H63B2N5OS3/c1-6-30-64(31-7-1)71-43-26-44-72(65-32-8-2-9-33-65)102(71)109-85-63-89-79(104-76-45-19-21-47-80(76)107(68-38-14-5-15-39-68)88-60-70(61-90(110-89)101(88)104)106(67-36-12-4-13-37-67)83-50-28-56-95-98(83)74-41-17-24-53-92(74)112-95)62-78(85)103-77-46-20-22-48-81(77)108(84-51-29-57-96-99(84)75-42-18-25-54-93(75)113-96)86-58-69(59-87(109)100(86)103)105(66-34-10-3-11-35-66)82-49-27-55-94-97(82)73-40-16-23-52-91(73)111-94/h1-63H. The Kier molecular flexibility index (Phi) is 14.5. The maximum atomic E-state index is 8.17. The average molecular weight is 1490 g/mol. The van der Waals surface area contributed by atoms with Crippen LogP contribution in [0.5, 0.6) is 11.5 Å². The van der Waals surface area contributed by atoms with Gasteiger partial charge in [0, 0.05) is 135 Å². The number of hydrogen-bond acceptors (Lipinski definition) is 9. The number of fused-ring (bicyclic) bond motifs is 17. The third kappa shape index (κ3) is 9.79. The van der Waals surface area contributed by atoms with Crippen molar-refractivity contribution in [2.75, 3.05) is 24.5 Å². The van der Waals surface area contributed by atoms with Crippen LogP contribution in [0.3, 0.4) is 0 Å². The van der Waals surface area contributed by atoms with Gasteiger partial charge in [-0.05, 0) is 165 Å². The van der Waals surface area contributed by atoms with Gasteiger partial charge in [0.15, 0.2) is 0 Å². The molecule has 11 heteroatoms. The lowest BCUT2D eigenvalue weighted by atomic mass is 9.30. The highest BCUT2D eigenvalue weighted by Gasteiger charge is 2.49. The van der Waals surface area contributed by atoms with Gasteiger partial charge in [0.1, 0.15) is 11.5 Å². The molecule has 0 amide bonds. The summed E-state index contributed by atoms with van der Waals surface area (Å²) in [6.07, 6.45) is 0. The largest absolute Gasteiger partial charge is 0.458 e. The van der Waals surface area contributed by atoms with Gasteiger partial charge in [0.2, 0.25) is 0 Å². The SMILES string of the molecule is c1ccc(-c2cccc(-c3ccccc3)c2N2c3cc4c(cc3B3c5ccccc5N(c5cccc6sc7ccccc7c56)c5cc(N(c6ccccc6)c6cccc7sc8ccccc8c67)cc2c53)B2c3ccccc3N(c3ccccc3)c3cc(N(c5ccccc5)c5cccc6sc7ccccc7c56)cc(c32)O4)cc1. The van der Waals surface area contributed by atoms with E-state index in [0.29, 0.717) is 0 Å². The average Bonchev–Trinajstić information content (AvgIpc) is 0.993. The van der Waals surface area contributed by atoms with Crippen molar-refractivity contribution >= 4 is 226 Å². The Morgan fingerprint density at radius 3 is 1.21 bits per heavy atom. The molecular formula is C102H63B2N5OS3. The molecule has 0 atom stereocenters. The van der Waals surface area contributed by atoms with Gasteiger partial charge in [0.05, 0.1) is 34.1 Å². The van der Waals surface area contributed by atoms with E-state index < -0.39 is 0 Å². The molecule has 6 nitrogen and oxygen atoms in total. The van der Waals surface area contributed by atoms with Crippen molar-refractivity contribution in [3.8, 4) is 33.8 Å². The highest BCUT2D eigenvalue weighted by Crippen LogP contribution is 2.57. The first-order chi connectivity index (χ1) is 56.1. The maximum Gasteiger partial charge on any atom is 0.256 e. The van der Waals surface area contributed by atoms with Gasteiger partial charge in [-0.2, -0.15) is 0 Å². The monoisotopic (exact) mass is 1490 g/mol. The van der Waals surface area contributed by atoms with E-state index in [1.54, 1.807) is 0 Å². The van der Waals surface area contributed by atoms with Crippen LogP contribution >= 0.6 is 34.0 Å². The van der Waals surface area contributed by atoms with Crippen LogP contribution in [-0.4, -0.2) is 13.4 Å². The molecule has 24 rings (SSSR count). The fourth-order valence-electron chi connectivity index (χ4n) is 19.0. The lowest BCUT2D eigenvalue weighted by Crippen LogP contribution is -2.64. The van der Waals surface area contributed by atoms with Crippen LogP contribution in [0.2, 0.25) is 0 Å². The van der Waals surface area contributed by atoms with Crippen LogP contribution in [0.1, 0.15) is 0 Å². The highest BCUT2D eigenvalue weighted by molar-refractivity contribution is 7.26. The molecular weight excluding hydrogens is 1430 g/mol. The second-order valence-corrected chi connectivity index (χ2v) is 32.9. The summed E-state index contributed by atoms with van der Waals surface area (Å²) in [5.41, 5.74) is 27.5. The quantitative estimate of drug-likeness (QED) is 0.120. The molecule has 0 N–H and O–H groups in total. The van der Waals surface area contributed by atoms with E-state index in [-0.39, 0.29) is 13.4 Å². The van der Waals surface area contributed by atoms with Gasteiger partial charge in [-0.3, -0.25) is 0 Å². The van der Waals surface area contributed by atoms with E-state index >= 15 is 0 Å². The van der Waals surface area contributed by atoms with Crippen molar-refractivity contribution in [2.24, 2.45) is 0 Å². The van der Waals surface area contributed by atoms with E-state index in [1.165, 1.54) is 82.4 Å². The summed E-state index contributed by atoms with van der Waals surface area (Å²) in [6.45, 7) is -0.565. The van der Waals surface area contributed by atoms with E-state index in [2.05, 4.69) is 407 Å².